The van der Waals surface area contributed by atoms with Gasteiger partial charge < -0.3 is 10.2 Å². The highest BCUT2D eigenvalue weighted by atomic mass is 32.2. The molecule has 1 atom stereocenters. The van der Waals surface area contributed by atoms with Crippen molar-refractivity contribution in [3.05, 3.63) is 5.82 Å². The van der Waals surface area contributed by atoms with E-state index in [1.54, 1.807) is 6.92 Å². The number of hydrogen-bond donors (Lipinski definition) is 2. The Morgan fingerprint density at radius 3 is 2.58 bits per heavy atom. The number of nitrogens with zero attached hydrogens (tertiary/aromatic N) is 3. The van der Waals surface area contributed by atoms with Crippen molar-refractivity contribution in [2.75, 3.05) is 31.3 Å². The highest BCUT2D eigenvalue weighted by Crippen LogP contribution is 2.21. The van der Waals surface area contributed by atoms with Gasteiger partial charge in [-0.05, 0) is 26.8 Å². The number of H-pyrrole nitrogens is 1. The normalized spacial score (nSPS) is 19.6. The van der Waals surface area contributed by atoms with Gasteiger partial charge in [0, 0.05) is 25.4 Å². The van der Waals surface area contributed by atoms with E-state index in [9.17, 15) is 8.42 Å². The summed E-state index contributed by atoms with van der Waals surface area (Å²) in [5.41, 5.74) is 0. The van der Waals surface area contributed by atoms with Crippen LogP contribution in [0.15, 0.2) is 0 Å². The largest absolute Gasteiger partial charge is 0.339 e. The second kappa shape index (κ2) is 5.46. The Balaban J connectivity index is 2.06. The Labute approximate surface area is 113 Å². The van der Waals surface area contributed by atoms with E-state index in [1.165, 1.54) is 6.26 Å². The topological polar surface area (TPSA) is 91.0 Å². The van der Waals surface area contributed by atoms with Crippen molar-refractivity contribution in [2.45, 2.75) is 31.1 Å². The lowest BCUT2D eigenvalue weighted by atomic mass is 10.1. The molecule has 1 aromatic heterocycles. The van der Waals surface area contributed by atoms with Crippen LogP contribution in [-0.4, -0.2) is 56.0 Å². The van der Waals surface area contributed by atoms with Crippen LogP contribution in [0.5, 0.6) is 0 Å². The summed E-state index contributed by atoms with van der Waals surface area (Å²) >= 11 is 0. The van der Waals surface area contributed by atoms with Gasteiger partial charge in [0.2, 0.25) is 5.95 Å². The van der Waals surface area contributed by atoms with Gasteiger partial charge in [0.15, 0.2) is 9.84 Å². The van der Waals surface area contributed by atoms with E-state index in [0.717, 1.165) is 25.9 Å². The van der Waals surface area contributed by atoms with Crippen molar-refractivity contribution in [3.63, 3.8) is 0 Å². The molecule has 2 rings (SSSR count). The third kappa shape index (κ3) is 3.24. The number of aromatic amines is 1. The van der Waals surface area contributed by atoms with Crippen LogP contribution in [0.25, 0.3) is 0 Å². The Morgan fingerprint density at radius 2 is 2.05 bits per heavy atom. The Bertz CT molecular complexity index is 519. The van der Waals surface area contributed by atoms with E-state index < -0.39 is 15.1 Å². The SMILES string of the molecule is CNC1CCN(c2n[nH]c(C(C)S(C)(=O)=O)n2)CC1. The molecule has 1 unspecified atom stereocenters. The number of nitrogens with one attached hydrogen (secondary N) is 2. The van der Waals surface area contributed by atoms with Crippen LogP contribution < -0.4 is 10.2 Å². The molecule has 8 heteroatoms. The maximum absolute atomic E-state index is 11.5. The molecule has 0 aliphatic carbocycles. The lowest BCUT2D eigenvalue weighted by Gasteiger charge is -2.30. The van der Waals surface area contributed by atoms with Crippen molar-refractivity contribution in [1.29, 1.82) is 0 Å². The number of piperidine rings is 1. The molecule has 19 heavy (non-hydrogen) atoms. The van der Waals surface area contributed by atoms with Gasteiger partial charge in [-0.15, -0.1) is 5.10 Å². The Kier molecular flexibility index (Phi) is 4.10. The van der Waals surface area contributed by atoms with E-state index in [-0.39, 0.29) is 0 Å². The summed E-state index contributed by atoms with van der Waals surface area (Å²) in [7, 11) is -1.18. The molecule has 1 fully saturated rings. The first-order chi connectivity index (χ1) is 8.91. The average molecular weight is 287 g/mol. The molecular formula is C11H21N5O2S. The third-order valence-corrected chi connectivity index (χ3v) is 5.21. The number of hydrogen-bond acceptors (Lipinski definition) is 6. The molecule has 0 bridgehead atoms. The smallest absolute Gasteiger partial charge is 0.244 e. The monoisotopic (exact) mass is 287 g/mol. The lowest BCUT2D eigenvalue weighted by molar-refractivity contribution is 0.439. The molecular weight excluding hydrogens is 266 g/mol. The Hall–Kier alpha value is -1.15. The van der Waals surface area contributed by atoms with Crippen LogP contribution >= 0.6 is 0 Å². The van der Waals surface area contributed by atoms with Crippen molar-refractivity contribution in [1.82, 2.24) is 20.5 Å². The molecule has 108 valence electrons. The van der Waals surface area contributed by atoms with Gasteiger partial charge in [0.05, 0.1) is 0 Å². The second-order valence-electron chi connectivity index (χ2n) is 5.04. The van der Waals surface area contributed by atoms with E-state index in [0.29, 0.717) is 17.8 Å². The fraction of sp³-hybridized carbons (Fsp3) is 0.818. The van der Waals surface area contributed by atoms with Crippen LogP contribution in [0.4, 0.5) is 5.95 Å². The standard InChI is InChI=1S/C11H21N5O2S/c1-8(19(3,17)18)10-13-11(15-14-10)16-6-4-9(12-2)5-7-16/h8-9,12H,4-7H2,1-3H3,(H,13,14,15). The van der Waals surface area contributed by atoms with E-state index in [1.807, 2.05) is 7.05 Å². The van der Waals surface area contributed by atoms with Crippen molar-refractivity contribution >= 4 is 15.8 Å². The predicted octanol–water partition coefficient (Wildman–Crippen LogP) is 0.0985. The lowest BCUT2D eigenvalue weighted by Crippen LogP contribution is -2.41. The number of sulfone groups is 1. The third-order valence-electron chi connectivity index (χ3n) is 3.70. The molecule has 7 nitrogen and oxygen atoms in total. The first-order valence-electron chi connectivity index (χ1n) is 6.45. The molecule has 2 heterocycles. The Morgan fingerprint density at radius 1 is 1.42 bits per heavy atom. The average Bonchev–Trinajstić information content (AvgIpc) is 2.86. The molecule has 1 aliphatic rings. The van der Waals surface area contributed by atoms with Crippen molar-refractivity contribution in [2.24, 2.45) is 0 Å². The molecule has 1 saturated heterocycles. The molecule has 1 aliphatic heterocycles. The number of aromatic nitrogens is 3. The predicted molar refractivity (Wildman–Crippen MR) is 73.9 cm³/mol. The van der Waals surface area contributed by atoms with Crippen LogP contribution in [0.1, 0.15) is 30.8 Å². The molecule has 0 saturated carbocycles. The van der Waals surface area contributed by atoms with Gasteiger partial charge in [-0.2, -0.15) is 4.98 Å². The number of rotatable bonds is 4. The summed E-state index contributed by atoms with van der Waals surface area (Å²) < 4.78 is 23.0. The summed E-state index contributed by atoms with van der Waals surface area (Å²) in [6.07, 6.45) is 3.29. The fourth-order valence-corrected chi connectivity index (χ4v) is 2.67. The zero-order valence-electron chi connectivity index (χ0n) is 11.5. The minimum Gasteiger partial charge on any atom is -0.339 e. The van der Waals surface area contributed by atoms with E-state index in [2.05, 4.69) is 25.4 Å². The van der Waals surface area contributed by atoms with Gasteiger partial charge >= 0.3 is 0 Å². The zero-order chi connectivity index (χ0) is 14.0. The second-order valence-corrected chi connectivity index (χ2v) is 7.41. The minimum absolute atomic E-state index is 0.410. The highest BCUT2D eigenvalue weighted by molar-refractivity contribution is 7.90. The summed E-state index contributed by atoms with van der Waals surface area (Å²) in [5, 5.41) is 9.48. The van der Waals surface area contributed by atoms with E-state index >= 15 is 0 Å². The molecule has 2 N–H and O–H groups in total. The van der Waals surface area contributed by atoms with Gasteiger partial charge in [0.25, 0.3) is 0 Å². The summed E-state index contributed by atoms with van der Waals surface area (Å²) in [6, 6.07) is 0.546. The summed E-state index contributed by atoms with van der Waals surface area (Å²) in [6.45, 7) is 3.39. The van der Waals surface area contributed by atoms with Crippen LogP contribution in [0.3, 0.4) is 0 Å². The fourth-order valence-electron chi connectivity index (χ4n) is 2.16. The summed E-state index contributed by atoms with van der Waals surface area (Å²) in [5.74, 6) is 1.01. The quantitative estimate of drug-likeness (QED) is 0.816. The molecule has 0 spiro atoms. The van der Waals surface area contributed by atoms with Gasteiger partial charge in [0.1, 0.15) is 11.1 Å². The van der Waals surface area contributed by atoms with Crippen LogP contribution in [-0.2, 0) is 9.84 Å². The maximum Gasteiger partial charge on any atom is 0.244 e. The van der Waals surface area contributed by atoms with Crippen molar-refractivity contribution in [3.8, 4) is 0 Å². The first kappa shape index (κ1) is 14.3. The van der Waals surface area contributed by atoms with Crippen LogP contribution in [0, 0.1) is 0 Å². The molecule has 0 radical (unpaired) electrons. The van der Waals surface area contributed by atoms with E-state index in [4.69, 9.17) is 0 Å². The number of anilines is 1. The summed E-state index contributed by atoms with van der Waals surface area (Å²) in [4.78, 5) is 6.40. The van der Waals surface area contributed by atoms with Gasteiger partial charge in [-0.3, -0.25) is 5.10 Å². The first-order valence-corrected chi connectivity index (χ1v) is 8.40. The molecule has 0 amide bonds. The minimum atomic E-state index is -3.15. The molecule has 1 aromatic rings. The van der Waals surface area contributed by atoms with Crippen LogP contribution in [0.2, 0.25) is 0 Å². The van der Waals surface area contributed by atoms with Gasteiger partial charge in [-0.25, -0.2) is 8.42 Å². The maximum atomic E-state index is 11.5. The van der Waals surface area contributed by atoms with Crippen molar-refractivity contribution < 1.29 is 8.42 Å². The highest BCUT2D eigenvalue weighted by Gasteiger charge is 2.24. The molecule has 0 aromatic carbocycles. The zero-order valence-corrected chi connectivity index (χ0v) is 12.4. The van der Waals surface area contributed by atoms with Gasteiger partial charge in [-0.1, -0.05) is 0 Å².